The summed E-state index contributed by atoms with van der Waals surface area (Å²) >= 11 is 0. The quantitative estimate of drug-likeness (QED) is 0.700. The summed E-state index contributed by atoms with van der Waals surface area (Å²) in [6.45, 7) is 4.35. The molecule has 1 fully saturated rings. The van der Waals surface area contributed by atoms with E-state index in [0.29, 0.717) is 17.4 Å². The summed E-state index contributed by atoms with van der Waals surface area (Å²) in [5.74, 6) is 0.285. The molecule has 0 amide bonds. The van der Waals surface area contributed by atoms with E-state index in [2.05, 4.69) is 26.8 Å². The molecule has 0 radical (unpaired) electrons. The van der Waals surface area contributed by atoms with Gasteiger partial charge in [0.05, 0.1) is 0 Å². The van der Waals surface area contributed by atoms with Crippen molar-refractivity contribution < 1.29 is 12.9 Å². The maximum absolute atomic E-state index is 12.8. The Morgan fingerprint density at radius 1 is 1.37 bits per heavy atom. The van der Waals surface area contributed by atoms with Gasteiger partial charge in [-0.3, -0.25) is 4.72 Å². The summed E-state index contributed by atoms with van der Waals surface area (Å²) in [6, 6.07) is 6.10. The van der Waals surface area contributed by atoms with Crippen LogP contribution in [0.2, 0.25) is 0 Å². The van der Waals surface area contributed by atoms with Gasteiger partial charge < -0.3 is 14.4 Å². The number of aryl methyl sites for hydroxylation is 2. The minimum Gasteiger partial charge on any atom is -0.361 e. The fourth-order valence-corrected chi connectivity index (χ4v) is 5.35. The smallest absolute Gasteiger partial charge is 0.267 e. The lowest BCUT2D eigenvalue weighted by Gasteiger charge is -2.18. The molecule has 1 atom stereocenters. The van der Waals surface area contributed by atoms with Crippen LogP contribution in [-0.4, -0.2) is 43.1 Å². The summed E-state index contributed by atoms with van der Waals surface area (Å²) in [5.41, 5.74) is 3.10. The number of hydrogen-bond acceptors (Lipinski definition) is 5. The number of hydrogen-bond donors (Lipinski definition) is 2. The van der Waals surface area contributed by atoms with E-state index in [1.54, 1.807) is 19.9 Å². The van der Waals surface area contributed by atoms with Gasteiger partial charge in [-0.1, -0.05) is 5.16 Å². The molecule has 8 heteroatoms. The zero-order valence-electron chi connectivity index (χ0n) is 15.7. The normalized spacial score (nSPS) is 18.4. The maximum atomic E-state index is 12.8. The molecule has 1 saturated heterocycles. The lowest BCUT2D eigenvalue weighted by molar-refractivity contribution is 0.310. The number of likely N-dealkylation sites (N-methyl/N-ethyl adjacent to an activating group) is 1. The van der Waals surface area contributed by atoms with E-state index < -0.39 is 10.0 Å². The molecule has 3 aromatic rings. The molecule has 7 nitrogen and oxygen atoms in total. The predicted molar refractivity (Wildman–Crippen MR) is 104 cm³/mol. The van der Waals surface area contributed by atoms with Crippen molar-refractivity contribution in [3.05, 3.63) is 41.4 Å². The fourth-order valence-electron chi connectivity index (χ4n) is 3.97. The monoisotopic (exact) mass is 388 g/mol. The Morgan fingerprint density at radius 3 is 2.85 bits per heavy atom. The minimum absolute atomic E-state index is 0.101. The topological polar surface area (TPSA) is 91.2 Å². The summed E-state index contributed by atoms with van der Waals surface area (Å²) in [5, 5.41) is 4.79. The summed E-state index contributed by atoms with van der Waals surface area (Å²) in [4.78, 5) is 5.79. The van der Waals surface area contributed by atoms with E-state index in [4.69, 9.17) is 4.52 Å². The van der Waals surface area contributed by atoms with Crippen molar-refractivity contribution in [2.75, 3.05) is 18.3 Å². The first-order valence-electron chi connectivity index (χ1n) is 9.11. The van der Waals surface area contributed by atoms with Crippen molar-refractivity contribution in [3.63, 3.8) is 0 Å². The molecular formula is C19H24N4O3S. The molecule has 0 aliphatic carbocycles. The number of anilines is 1. The van der Waals surface area contributed by atoms with Crippen LogP contribution in [0.4, 0.5) is 5.69 Å². The van der Waals surface area contributed by atoms with E-state index in [-0.39, 0.29) is 10.7 Å². The first kappa shape index (κ1) is 18.1. The highest BCUT2D eigenvalue weighted by Gasteiger charge is 2.25. The molecule has 0 spiro atoms. The van der Waals surface area contributed by atoms with E-state index >= 15 is 0 Å². The highest BCUT2D eigenvalue weighted by molar-refractivity contribution is 7.92. The van der Waals surface area contributed by atoms with Crippen molar-refractivity contribution >= 4 is 26.6 Å². The number of fused-ring (bicyclic) bond motifs is 1. The summed E-state index contributed by atoms with van der Waals surface area (Å²) < 4.78 is 33.2. The molecule has 1 aromatic carbocycles. The van der Waals surface area contributed by atoms with Crippen LogP contribution in [0, 0.1) is 13.8 Å². The number of likely N-dealkylation sites (tertiary alicyclic amines) is 1. The number of aromatic amines is 1. The second-order valence-electron chi connectivity index (χ2n) is 7.31. The van der Waals surface area contributed by atoms with Gasteiger partial charge in [-0.15, -0.1) is 0 Å². The average molecular weight is 388 g/mol. The molecule has 0 unspecified atom stereocenters. The van der Waals surface area contributed by atoms with Crippen LogP contribution in [0.25, 0.3) is 10.9 Å². The maximum Gasteiger partial charge on any atom is 0.267 e. The Balaban J connectivity index is 1.64. The van der Waals surface area contributed by atoms with Crippen LogP contribution in [0.5, 0.6) is 0 Å². The molecule has 2 N–H and O–H groups in total. The zero-order valence-corrected chi connectivity index (χ0v) is 16.6. The lowest BCUT2D eigenvalue weighted by atomic mass is 10.0. The molecule has 0 saturated carbocycles. The van der Waals surface area contributed by atoms with Gasteiger partial charge in [0.25, 0.3) is 10.0 Å². The predicted octanol–water partition coefficient (Wildman–Crippen LogP) is 3.21. The van der Waals surface area contributed by atoms with Crippen LogP contribution in [0.3, 0.4) is 0 Å². The molecule has 2 aromatic heterocycles. The van der Waals surface area contributed by atoms with E-state index in [0.717, 1.165) is 23.9 Å². The number of nitrogens with one attached hydrogen (secondary N) is 2. The van der Waals surface area contributed by atoms with E-state index in [1.807, 2.05) is 18.3 Å². The van der Waals surface area contributed by atoms with Gasteiger partial charge in [-0.05, 0) is 70.5 Å². The third-order valence-corrected chi connectivity index (χ3v) is 7.01. The first-order chi connectivity index (χ1) is 12.8. The molecule has 1 aliphatic heterocycles. The van der Waals surface area contributed by atoms with Crippen LogP contribution >= 0.6 is 0 Å². The number of benzene rings is 1. The van der Waals surface area contributed by atoms with Gasteiger partial charge in [-0.2, -0.15) is 0 Å². The van der Waals surface area contributed by atoms with Gasteiger partial charge in [0.1, 0.15) is 5.69 Å². The highest BCUT2D eigenvalue weighted by atomic mass is 32.2. The van der Waals surface area contributed by atoms with Crippen molar-refractivity contribution in [1.29, 1.82) is 0 Å². The minimum atomic E-state index is -3.75. The third kappa shape index (κ3) is 3.35. The Labute approximate surface area is 158 Å². The Morgan fingerprint density at radius 2 is 2.19 bits per heavy atom. The van der Waals surface area contributed by atoms with Crippen LogP contribution in [-0.2, 0) is 16.4 Å². The van der Waals surface area contributed by atoms with Gasteiger partial charge >= 0.3 is 0 Å². The molecule has 0 bridgehead atoms. The number of aromatic nitrogens is 2. The molecule has 4 rings (SSSR count). The second kappa shape index (κ2) is 6.69. The molecule has 27 heavy (non-hydrogen) atoms. The SMILES string of the molecule is Cc1noc(C)c1S(=O)(=O)Nc1ccc2[nH]cc(C[C@H]3CCCN3C)c2c1. The van der Waals surface area contributed by atoms with E-state index in [1.165, 1.54) is 18.4 Å². The van der Waals surface area contributed by atoms with Crippen LogP contribution in [0.1, 0.15) is 29.9 Å². The van der Waals surface area contributed by atoms with Gasteiger partial charge in [0, 0.05) is 28.8 Å². The third-order valence-electron chi connectivity index (χ3n) is 5.38. The van der Waals surface area contributed by atoms with Crippen LogP contribution < -0.4 is 4.72 Å². The zero-order chi connectivity index (χ0) is 19.2. The molecule has 144 valence electrons. The Bertz CT molecular complexity index is 1060. The molecular weight excluding hydrogens is 364 g/mol. The fraction of sp³-hybridized carbons (Fsp3) is 0.421. The largest absolute Gasteiger partial charge is 0.361 e. The Kier molecular flexibility index (Phi) is 4.47. The summed E-state index contributed by atoms with van der Waals surface area (Å²) in [6.07, 6.45) is 5.41. The van der Waals surface area contributed by atoms with Gasteiger partial charge in [-0.25, -0.2) is 8.42 Å². The lowest BCUT2D eigenvalue weighted by Crippen LogP contribution is -2.26. The molecule has 1 aliphatic rings. The van der Waals surface area contributed by atoms with Crippen molar-refractivity contribution in [2.24, 2.45) is 0 Å². The van der Waals surface area contributed by atoms with Crippen molar-refractivity contribution in [1.82, 2.24) is 15.0 Å². The van der Waals surface area contributed by atoms with Crippen LogP contribution in [0.15, 0.2) is 33.8 Å². The first-order valence-corrected chi connectivity index (χ1v) is 10.6. The van der Waals surface area contributed by atoms with E-state index in [9.17, 15) is 8.42 Å². The average Bonchev–Trinajstić information content (AvgIpc) is 3.28. The standard InChI is InChI=1S/C19H24N4O3S/c1-12-19(13(2)26-21-12)27(24,25)22-15-6-7-18-17(10-15)14(11-20-18)9-16-5-4-8-23(16)3/h6-7,10-11,16,20,22H,4-5,8-9H2,1-3H3/t16-/m1/s1. The Hall–Kier alpha value is -2.32. The van der Waals surface area contributed by atoms with Crippen molar-refractivity contribution in [2.45, 2.75) is 44.0 Å². The number of rotatable bonds is 5. The number of sulfonamides is 1. The molecule has 3 heterocycles. The second-order valence-corrected chi connectivity index (χ2v) is 8.93. The van der Waals surface area contributed by atoms with Crippen molar-refractivity contribution in [3.8, 4) is 0 Å². The summed E-state index contributed by atoms with van der Waals surface area (Å²) in [7, 11) is -1.59. The highest BCUT2D eigenvalue weighted by Crippen LogP contribution is 2.28. The van der Waals surface area contributed by atoms with Gasteiger partial charge in [0.2, 0.25) is 0 Å². The number of nitrogens with zero attached hydrogens (tertiary/aromatic N) is 2. The van der Waals surface area contributed by atoms with Gasteiger partial charge in [0.15, 0.2) is 10.7 Å². The number of H-pyrrole nitrogens is 1.